The van der Waals surface area contributed by atoms with Gasteiger partial charge < -0.3 is 9.84 Å². The first-order valence-electron chi connectivity index (χ1n) is 8.08. The van der Waals surface area contributed by atoms with Gasteiger partial charge in [0.05, 0.1) is 20.3 Å². The molecule has 23 heavy (non-hydrogen) atoms. The molecule has 0 aromatic carbocycles. The maximum Gasteiger partial charge on any atom is 0.316 e. The third-order valence-electron chi connectivity index (χ3n) is 4.27. The molecule has 6 nitrogen and oxygen atoms in total. The fraction of sp³-hybridized carbons (Fsp3) is 0.765. The van der Waals surface area contributed by atoms with Gasteiger partial charge in [-0.05, 0) is 18.3 Å². The van der Waals surface area contributed by atoms with E-state index < -0.39 is 29.0 Å². The van der Waals surface area contributed by atoms with Gasteiger partial charge in [0.25, 0.3) is 0 Å². The number of carbonyl (C=O) groups excluding carboxylic acids is 3. The number of nitrogens with zero attached hydrogens (tertiary/aromatic N) is 1. The lowest BCUT2D eigenvalue weighted by atomic mass is 9.62. The van der Waals surface area contributed by atoms with Gasteiger partial charge in [0, 0.05) is 12.1 Å². The molecule has 1 unspecified atom stereocenters. The van der Waals surface area contributed by atoms with Crippen molar-refractivity contribution in [2.45, 2.75) is 46.5 Å². The van der Waals surface area contributed by atoms with E-state index in [4.69, 9.17) is 9.84 Å². The summed E-state index contributed by atoms with van der Waals surface area (Å²) >= 11 is 0. The number of methoxy groups -OCH3 is 1. The van der Waals surface area contributed by atoms with E-state index in [0.29, 0.717) is 12.1 Å². The first-order chi connectivity index (χ1) is 10.8. The zero-order valence-electron chi connectivity index (χ0n) is 14.4. The zero-order valence-corrected chi connectivity index (χ0v) is 14.4. The summed E-state index contributed by atoms with van der Waals surface area (Å²) in [5, 5.41) is 8.98. The smallest absolute Gasteiger partial charge is 0.316 e. The summed E-state index contributed by atoms with van der Waals surface area (Å²) in [7, 11) is 1.25. The number of hydrogen-bond acceptors (Lipinski definition) is 6. The summed E-state index contributed by atoms with van der Waals surface area (Å²) in [4.78, 5) is 41.7. The lowest BCUT2D eigenvalue weighted by Gasteiger charge is -2.38. The maximum atomic E-state index is 12.9. The summed E-state index contributed by atoms with van der Waals surface area (Å²) < 4.78 is 4.77. The minimum Gasteiger partial charge on any atom is -0.468 e. The Bertz CT molecular complexity index is 495. The highest BCUT2D eigenvalue weighted by atomic mass is 16.5. The van der Waals surface area contributed by atoms with Crippen molar-refractivity contribution in [3.63, 3.8) is 0 Å². The minimum atomic E-state index is -0.981. The number of aliphatic hydroxyl groups is 1. The first kappa shape index (κ1) is 19.5. The maximum absolute atomic E-state index is 12.9. The SMILES string of the molecule is CCCCC(=NCCO)C1C(=O)CC(C)(C)[C@@H](C(=O)OC)C1=O. The molecule has 0 bridgehead atoms. The van der Waals surface area contributed by atoms with Crippen molar-refractivity contribution in [1.29, 1.82) is 0 Å². The van der Waals surface area contributed by atoms with E-state index >= 15 is 0 Å². The predicted octanol–water partition coefficient (Wildman–Crippen LogP) is 1.58. The number of ether oxygens (including phenoxy) is 1. The fourth-order valence-corrected chi connectivity index (χ4v) is 3.13. The summed E-state index contributed by atoms with van der Waals surface area (Å²) in [5.74, 6) is -3.17. The molecule has 0 aliphatic heterocycles. The van der Waals surface area contributed by atoms with E-state index in [1.165, 1.54) is 7.11 Å². The Morgan fingerprint density at radius 1 is 1.39 bits per heavy atom. The molecule has 1 aliphatic rings. The molecule has 1 aliphatic carbocycles. The Morgan fingerprint density at radius 2 is 2.04 bits per heavy atom. The zero-order chi connectivity index (χ0) is 17.6. The molecule has 0 aromatic heterocycles. The van der Waals surface area contributed by atoms with Gasteiger partial charge >= 0.3 is 5.97 Å². The van der Waals surface area contributed by atoms with Gasteiger partial charge in [-0.1, -0.05) is 27.2 Å². The number of aliphatic imine (C=N–C) groups is 1. The highest BCUT2D eigenvalue weighted by Gasteiger charge is 2.52. The van der Waals surface area contributed by atoms with Crippen LogP contribution in [-0.4, -0.2) is 48.6 Å². The Morgan fingerprint density at radius 3 is 2.57 bits per heavy atom. The molecular formula is C17H27NO5. The molecule has 1 fully saturated rings. The Kier molecular flexibility index (Phi) is 7.06. The highest BCUT2D eigenvalue weighted by molar-refractivity contribution is 6.26. The van der Waals surface area contributed by atoms with Crippen LogP contribution in [0.5, 0.6) is 0 Å². The number of esters is 1. The third-order valence-corrected chi connectivity index (χ3v) is 4.27. The molecule has 1 N–H and O–H groups in total. The van der Waals surface area contributed by atoms with E-state index in [0.717, 1.165) is 12.8 Å². The molecule has 0 spiro atoms. The number of aliphatic hydroxyl groups excluding tert-OH is 1. The molecule has 0 heterocycles. The van der Waals surface area contributed by atoms with Crippen molar-refractivity contribution in [2.75, 3.05) is 20.3 Å². The molecule has 6 heteroatoms. The van der Waals surface area contributed by atoms with E-state index in [9.17, 15) is 14.4 Å². The normalized spacial score (nSPS) is 24.7. The standard InChI is InChI=1S/C17H27NO5/c1-5-6-7-11(18-8-9-19)13-12(20)10-17(2,3)14(15(13)21)16(22)23-4/h13-14,19H,5-10H2,1-4H3/t13?,14-/m1/s1. The number of hydrogen-bond donors (Lipinski definition) is 1. The Balaban J connectivity index is 3.19. The molecular weight excluding hydrogens is 298 g/mol. The molecule has 0 amide bonds. The van der Waals surface area contributed by atoms with Gasteiger partial charge in [0.1, 0.15) is 17.6 Å². The second-order valence-electron chi connectivity index (χ2n) is 6.62. The van der Waals surface area contributed by atoms with Crippen LogP contribution < -0.4 is 0 Å². The van der Waals surface area contributed by atoms with Crippen LogP contribution >= 0.6 is 0 Å². The molecule has 1 rings (SSSR count). The Hall–Kier alpha value is -1.56. The van der Waals surface area contributed by atoms with Crippen molar-refractivity contribution < 1.29 is 24.2 Å². The fourth-order valence-electron chi connectivity index (χ4n) is 3.13. The van der Waals surface area contributed by atoms with Crippen LogP contribution in [0.4, 0.5) is 0 Å². The van der Waals surface area contributed by atoms with Crippen LogP contribution in [0.15, 0.2) is 4.99 Å². The number of carbonyl (C=O) groups is 3. The van der Waals surface area contributed by atoms with E-state index in [1.54, 1.807) is 13.8 Å². The quantitative estimate of drug-likeness (QED) is 0.436. The van der Waals surface area contributed by atoms with Crippen molar-refractivity contribution >= 4 is 23.2 Å². The van der Waals surface area contributed by atoms with Gasteiger partial charge in [-0.3, -0.25) is 19.4 Å². The van der Waals surface area contributed by atoms with Gasteiger partial charge in [-0.15, -0.1) is 0 Å². The number of unbranched alkanes of at least 4 members (excludes halogenated alkanes) is 1. The highest BCUT2D eigenvalue weighted by Crippen LogP contribution is 2.40. The minimum absolute atomic E-state index is 0.132. The topological polar surface area (TPSA) is 93.0 Å². The lowest BCUT2D eigenvalue weighted by Crippen LogP contribution is -2.52. The molecule has 2 atom stereocenters. The second-order valence-corrected chi connectivity index (χ2v) is 6.62. The van der Waals surface area contributed by atoms with Gasteiger partial charge in [-0.25, -0.2) is 0 Å². The monoisotopic (exact) mass is 325 g/mol. The van der Waals surface area contributed by atoms with Crippen LogP contribution in [0.3, 0.4) is 0 Å². The van der Waals surface area contributed by atoms with Crippen LogP contribution in [-0.2, 0) is 19.1 Å². The summed E-state index contributed by atoms with van der Waals surface area (Å²) in [5.41, 5.74) is -0.273. The van der Waals surface area contributed by atoms with Gasteiger partial charge in [-0.2, -0.15) is 0 Å². The summed E-state index contributed by atoms with van der Waals surface area (Å²) in [6.07, 6.45) is 2.35. The summed E-state index contributed by atoms with van der Waals surface area (Å²) in [6.45, 7) is 5.49. The van der Waals surface area contributed by atoms with Crippen molar-refractivity contribution in [2.24, 2.45) is 22.2 Å². The molecule has 0 saturated heterocycles. The average molecular weight is 325 g/mol. The van der Waals surface area contributed by atoms with Gasteiger partial charge in [0.2, 0.25) is 0 Å². The van der Waals surface area contributed by atoms with E-state index in [1.807, 2.05) is 6.92 Å². The van der Waals surface area contributed by atoms with Crippen LogP contribution in [0.1, 0.15) is 46.5 Å². The van der Waals surface area contributed by atoms with Crippen LogP contribution in [0.25, 0.3) is 0 Å². The molecule has 0 aromatic rings. The first-order valence-corrected chi connectivity index (χ1v) is 8.08. The van der Waals surface area contributed by atoms with Crippen molar-refractivity contribution in [3.05, 3.63) is 0 Å². The van der Waals surface area contributed by atoms with Crippen LogP contribution in [0.2, 0.25) is 0 Å². The van der Waals surface area contributed by atoms with Gasteiger partial charge in [0.15, 0.2) is 5.78 Å². The largest absolute Gasteiger partial charge is 0.468 e. The lowest BCUT2D eigenvalue weighted by molar-refractivity contribution is -0.159. The predicted molar refractivity (Wildman–Crippen MR) is 86.3 cm³/mol. The van der Waals surface area contributed by atoms with E-state index in [2.05, 4.69) is 4.99 Å². The average Bonchev–Trinajstić information content (AvgIpc) is 2.47. The second kappa shape index (κ2) is 8.34. The van der Waals surface area contributed by atoms with Crippen molar-refractivity contribution in [3.8, 4) is 0 Å². The van der Waals surface area contributed by atoms with Crippen molar-refractivity contribution in [1.82, 2.24) is 0 Å². The summed E-state index contributed by atoms with van der Waals surface area (Å²) in [6, 6.07) is 0. The van der Waals surface area contributed by atoms with Crippen LogP contribution in [0, 0.1) is 17.3 Å². The Labute approximate surface area is 137 Å². The number of rotatable bonds is 7. The molecule has 130 valence electrons. The number of Topliss-reactive ketones (excluding diaryl/α,β-unsaturated/α-hetero) is 2. The molecule has 1 saturated carbocycles. The third kappa shape index (κ3) is 4.47. The van der Waals surface area contributed by atoms with E-state index in [-0.39, 0.29) is 25.4 Å². The number of ketones is 2. The molecule has 0 radical (unpaired) electrons.